The molecule has 0 radical (unpaired) electrons. The number of hydrogen-bond donors (Lipinski definition) is 1. The second-order valence-corrected chi connectivity index (χ2v) is 8.79. The van der Waals surface area contributed by atoms with Crippen LogP contribution in [0.5, 0.6) is 11.5 Å². The molecule has 2 aromatic carbocycles. The average molecular weight is 473 g/mol. The SMILES string of the molecule is COc1ccc(C2/C(=C(\O)c3ccc(OCC(C)C)cc3)C(=O)C(=O)N2Cc2cccnc2)cc1. The Morgan fingerprint density at radius 1 is 1.03 bits per heavy atom. The lowest BCUT2D eigenvalue weighted by atomic mass is 9.95. The molecule has 1 saturated heterocycles. The van der Waals surface area contributed by atoms with E-state index in [1.54, 1.807) is 74.1 Å². The summed E-state index contributed by atoms with van der Waals surface area (Å²) in [5.41, 5.74) is 1.94. The zero-order valence-electron chi connectivity index (χ0n) is 20.0. The minimum Gasteiger partial charge on any atom is -0.507 e. The number of ether oxygens (including phenoxy) is 2. The number of likely N-dealkylation sites (tertiary alicyclic amines) is 1. The standard InChI is InChI=1S/C28H28N2O5/c1-18(2)17-35-23-12-8-21(9-13-23)26(31)24-25(20-6-10-22(34-3)11-7-20)30(28(33)27(24)32)16-19-5-4-14-29-15-19/h4-15,18,25,31H,16-17H2,1-3H3/b26-24+. The summed E-state index contributed by atoms with van der Waals surface area (Å²) in [4.78, 5) is 31.9. The van der Waals surface area contributed by atoms with Gasteiger partial charge in [-0.05, 0) is 59.5 Å². The van der Waals surface area contributed by atoms with Crippen molar-refractivity contribution >= 4 is 17.4 Å². The van der Waals surface area contributed by atoms with E-state index in [0.717, 1.165) is 5.56 Å². The van der Waals surface area contributed by atoms with Gasteiger partial charge in [0, 0.05) is 24.5 Å². The Bertz CT molecular complexity index is 1220. The first kappa shape index (κ1) is 24.0. The molecule has 1 aliphatic rings. The van der Waals surface area contributed by atoms with E-state index in [-0.39, 0.29) is 17.9 Å². The highest BCUT2D eigenvalue weighted by Gasteiger charge is 2.46. The van der Waals surface area contributed by atoms with Gasteiger partial charge in [-0.2, -0.15) is 0 Å². The smallest absolute Gasteiger partial charge is 0.295 e. The third-order valence-corrected chi connectivity index (χ3v) is 5.76. The molecule has 1 unspecified atom stereocenters. The van der Waals surface area contributed by atoms with Crippen LogP contribution in [0.25, 0.3) is 5.76 Å². The Kier molecular flexibility index (Phi) is 7.15. The first-order valence-corrected chi connectivity index (χ1v) is 11.4. The van der Waals surface area contributed by atoms with E-state index in [1.165, 1.54) is 4.90 Å². The van der Waals surface area contributed by atoms with Gasteiger partial charge in [0.15, 0.2) is 0 Å². The highest BCUT2D eigenvalue weighted by Crippen LogP contribution is 2.40. The molecule has 1 N–H and O–H groups in total. The Balaban J connectivity index is 1.75. The molecule has 7 heteroatoms. The van der Waals surface area contributed by atoms with Crippen LogP contribution >= 0.6 is 0 Å². The number of benzene rings is 2. The predicted octanol–water partition coefficient (Wildman–Crippen LogP) is 4.75. The lowest BCUT2D eigenvalue weighted by molar-refractivity contribution is -0.140. The zero-order chi connectivity index (χ0) is 24.9. The second kappa shape index (κ2) is 10.4. The Morgan fingerprint density at radius 2 is 1.71 bits per heavy atom. The normalized spacial score (nSPS) is 17.1. The number of nitrogens with zero attached hydrogens (tertiary/aromatic N) is 2. The van der Waals surface area contributed by atoms with Crippen molar-refractivity contribution in [3.63, 3.8) is 0 Å². The van der Waals surface area contributed by atoms with E-state index < -0.39 is 17.7 Å². The molecule has 1 aromatic heterocycles. The fourth-order valence-electron chi connectivity index (χ4n) is 3.99. The number of aliphatic hydroxyl groups is 1. The zero-order valence-corrected chi connectivity index (χ0v) is 20.0. The van der Waals surface area contributed by atoms with Crippen molar-refractivity contribution in [3.05, 3.63) is 95.3 Å². The average Bonchev–Trinajstić information content (AvgIpc) is 3.13. The van der Waals surface area contributed by atoms with Gasteiger partial charge < -0.3 is 19.5 Å². The van der Waals surface area contributed by atoms with Crippen molar-refractivity contribution in [3.8, 4) is 11.5 Å². The topological polar surface area (TPSA) is 89.0 Å². The largest absolute Gasteiger partial charge is 0.507 e. The summed E-state index contributed by atoms with van der Waals surface area (Å²) < 4.78 is 11.0. The Labute approximate surface area is 204 Å². The van der Waals surface area contributed by atoms with Crippen LogP contribution in [0.1, 0.15) is 36.6 Å². The van der Waals surface area contributed by atoms with Crippen LogP contribution in [0.2, 0.25) is 0 Å². The van der Waals surface area contributed by atoms with Crippen LogP contribution in [0.3, 0.4) is 0 Å². The first-order chi connectivity index (χ1) is 16.9. The summed E-state index contributed by atoms with van der Waals surface area (Å²) >= 11 is 0. The molecule has 35 heavy (non-hydrogen) atoms. The lowest BCUT2D eigenvalue weighted by Crippen LogP contribution is -2.29. The molecule has 1 fully saturated rings. The van der Waals surface area contributed by atoms with Crippen molar-refractivity contribution in [2.45, 2.75) is 26.4 Å². The predicted molar refractivity (Wildman–Crippen MR) is 132 cm³/mol. The van der Waals surface area contributed by atoms with E-state index in [4.69, 9.17) is 9.47 Å². The number of aliphatic hydroxyl groups excluding tert-OH is 1. The fraction of sp³-hybridized carbons (Fsp3) is 0.250. The minimum atomic E-state index is -0.766. The second-order valence-electron chi connectivity index (χ2n) is 8.79. The van der Waals surface area contributed by atoms with E-state index in [2.05, 4.69) is 18.8 Å². The van der Waals surface area contributed by atoms with Gasteiger partial charge in [0.25, 0.3) is 11.7 Å². The Morgan fingerprint density at radius 3 is 2.31 bits per heavy atom. The summed E-state index contributed by atoms with van der Waals surface area (Å²) in [6.45, 7) is 4.86. The van der Waals surface area contributed by atoms with E-state index >= 15 is 0 Å². The van der Waals surface area contributed by atoms with Crippen molar-refractivity contribution in [1.29, 1.82) is 0 Å². The summed E-state index contributed by atoms with van der Waals surface area (Å²) in [5.74, 6) is 0.0611. The van der Waals surface area contributed by atoms with Gasteiger partial charge in [-0.1, -0.05) is 32.0 Å². The quantitative estimate of drug-likeness (QED) is 0.289. The van der Waals surface area contributed by atoms with E-state index in [1.807, 2.05) is 6.07 Å². The molecule has 180 valence electrons. The van der Waals surface area contributed by atoms with Gasteiger partial charge in [-0.25, -0.2) is 0 Å². The third kappa shape index (κ3) is 5.19. The first-order valence-electron chi connectivity index (χ1n) is 11.4. The van der Waals surface area contributed by atoms with Gasteiger partial charge in [-0.15, -0.1) is 0 Å². The molecule has 3 aromatic rings. The van der Waals surface area contributed by atoms with Crippen LogP contribution in [0.4, 0.5) is 0 Å². The maximum absolute atomic E-state index is 13.2. The summed E-state index contributed by atoms with van der Waals surface area (Å²) in [6.07, 6.45) is 3.30. The lowest BCUT2D eigenvalue weighted by Gasteiger charge is -2.25. The molecule has 1 amide bonds. The molecule has 4 rings (SSSR count). The molecule has 2 heterocycles. The van der Waals surface area contributed by atoms with Crippen molar-refractivity contribution < 1.29 is 24.2 Å². The number of hydrogen-bond acceptors (Lipinski definition) is 6. The van der Waals surface area contributed by atoms with Crippen LogP contribution in [0.15, 0.2) is 78.6 Å². The number of amides is 1. The van der Waals surface area contributed by atoms with Crippen molar-refractivity contribution in [1.82, 2.24) is 9.88 Å². The molecule has 0 spiro atoms. The number of aromatic nitrogens is 1. The minimum absolute atomic E-state index is 0.0416. The summed E-state index contributed by atoms with van der Waals surface area (Å²) in [7, 11) is 1.57. The molecular formula is C28H28N2O5. The van der Waals surface area contributed by atoms with Crippen LogP contribution in [-0.2, 0) is 16.1 Å². The molecule has 1 atom stereocenters. The van der Waals surface area contributed by atoms with Gasteiger partial charge in [0.05, 0.1) is 25.3 Å². The van der Waals surface area contributed by atoms with Crippen LogP contribution in [-0.4, -0.2) is 40.4 Å². The van der Waals surface area contributed by atoms with Crippen LogP contribution in [0, 0.1) is 5.92 Å². The molecule has 0 saturated carbocycles. The molecule has 1 aliphatic heterocycles. The number of ketones is 1. The van der Waals surface area contributed by atoms with E-state index in [9.17, 15) is 14.7 Å². The summed E-state index contributed by atoms with van der Waals surface area (Å²) in [5, 5.41) is 11.2. The molecule has 0 bridgehead atoms. The number of rotatable bonds is 8. The third-order valence-electron chi connectivity index (χ3n) is 5.76. The fourth-order valence-corrected chi connectivity index (χ4v) is 3.99. The number of methoxy groups -OCH3 is 1. The maximum atomic E-state index is 13.2. The van der Waals surface area contributed by atoms with Gasteiger partial charge in [-0.3, -0.25) is 14.6 Å². The van der Waals surface area contributed by atoms with Gasteiger partial charge in [0.2, 0.25) is 0 Å². The molecule has 0 aliphatic carbocycles. The highest BCUT2D eigenvalue weighted by molar-refractivity contribution is 6.46. The number of carbonyl (C=O) groups is 2. The molecule has 7 nitrogen and oxygen atoms in total. The van der Waals surface area contributed by atoms with E-state index in [0.29, 0.717) is 35.2 Å². The maximum Gasteiger partial charge on any atom is 0.295 e. The molecular weight excluding hydrogens is 444 g/mol. The highest BCUT2D eigenvalue weighted by atomic mass is 16.5. The van der Waals surface area contributed by atoms with Crippen LogP contribution < -0.4 is 9.47 Å². The number of Topliss-reactive ketones (excluding diaryl/α,β-unsaturated/α-hetero) is 1. The van der Waals surface area contributed by atoms with Gasteiger partial charge >= 0.3 is 0 Å². The monoisotopic (exact) mass is 472 g/mol. The Hall–Kier alpha value is -4.13. The number of carbonyl (C=O) groups excluding carboxylic acids is 2. The number of pyridine rings is 1. The van der Waals surface area contributed by atoms with Gasteiger partial charge in [0.1, 0.15) is 17.3 Å². The summed E-state index contributed by atoms with van der Waals surface area (Å²) in [6, 6.07) is 16.8. The van der Waals surface area contributed by atoms with Crippen molar-refractivity contribution in [2.24, 2.45) is 5.92 Å². The van der Waals surface area contributed by atoms with Crippen molar-refractivity contribution in [2.75, 3.05) is 13.7 Å².